The van der Waals surface area contributed by atoms with Crippen molar-refractivity contribution in [3.8, 4) is 0 Å². The predicted molar refractivity (Wildman–Crippen MR) is 212 cm³/mol. The van der Waals surface area contributed by atoms with Gasteiger partial charge in [-0.1, -0.05) is 138 Å². The van der Waals surface area contributed by atoms with Gasteiger partial charge in [-0.15, -0.1) is 0 Å². The van der Waals surface area contributed by atoms with Crippen LogP contribution >= 0.6 is 0 Å². The minimum absolute atomic E-state index is 0.103. The Bertz CT molecular complexity index is 1570. The molecule has 6 heteroatoms. The Kier molecular flexibility index (Phi) is 15.1. The molecule has 51 heavy (non-hydrogen) atoms. The molecule has 0 aliphatic rings. The lowest BCUT2D eigenvalue weighted by Crippen LogP contribution is -2.56. The van der Waals surface area contributed by atoms with E-state index < -0.39 is 16.6 Å². The van der Waals surface area contributed by atoms with Gasteiger partial charge in [-0.05, 0) is 96.9 Å². The molecule has 0 bridgehead atoms. The van der Waals surface area contributed by atoms with Gasteiger partial charge < -0.3 is 20.8 Å². The molecule has 0 aromatic heterocycles. The number of benzene rings is 4. The molecular formula is C45H62N2O4. The summed E-state index contributed by atoms with van der Waals surface area (Å²) in [5.41, 5.74) is -0.888. The molecule has 276 valence electrons. The normalized spacial score (nSPS) is 14.2. The lowest BCUT2D eigenvalue weighted by atomic mass is 9.76. The van der Waals surface area contributed by atoms with Crippen LogP contribution in [0.3, 0.4) is 0 Å². The third-order valence-corrected chi connectivity index (χ3v) is 10.7. The Morgan fingerprint density at radius 3 is 1.27 bits per heavy atom. The largest absolute Gasteiger partial charge is 0.388 e. The fraction of sp³-hybridized carbons (Fsp3) is 0.511. The van der Waals surface area contributed by atoms with Crippen molar-refractivity contribution < 1.29 is 19.8 Å². The lowest BCUT2D eigenvalue weighted by molar-refractivity contribution is -0.146. The van der Waals surface area contributed by atoms with Crippen molar-refractivity contribution in [2.75, 3.05) is 13.1 Å². The molecule has 0 saturated heterocycles. The highest BCUT2D eigenvalue weighted by molar-refractivity contribution is 6.05. The van der Waals surface area contributed by atoms with Crippen LogP contribution in [0.5, 0.6) is 0 Å². The maximum Gasteiger partial charge on any atom is 0.235 e. The summed E-state index contributed by atoms with van der Waals surface area (Å²) in [5, 5.41) is 34.5. The van der Waals surface area contributed by atoms with Crippen molar-refractivity contribution in [3.05, 3.63) is 96.1 Å². The van der Waals surface area contributed by atoms with Crippen LogP contribution in [0.1, 0.15) is 116 Å². The molecule has 0 aliphatic carbocycles. The van der Waals surface area contributed by atoms with Gasteiger partial charge in [-0.3, -0.25) is 9.59 Å². The third-order valence-electron chi connectivity index (χ3n) is 10.7. The molecule has 4 aromatic rings. The highest BCUT2D eigenvalue weighted by Gasteiger charge is 2.45. The minimum atomic E-state index is -1.27. The van der Waals surface area contributed by atoms with E-state index in [1.807, 2.05) is 39.8 Å². The molecule has 6 nitrogen and oxygen atoms in total. The average Bonchev–Trinajstić information content (AvgIpc) is 3.13. The first-order valence-electron chi connectivity index (χ1n) is 19.6. The topological polar surface area (TPSA) is 98.7 Å². The SMILES string of the molecule is CCCC(O)(CCCc1cccc2ccccc12)CNC(=O)C(CCC)(CCC)C(=O)NCC(O)(CCC)CCCc1cccc2ccccc12. The molecule has 4 aromatic carbocycles. The van der Waals surface area contributed by atoms with Crippen molar-refractivity contribution in [1.29, 1.82) is 0 Å². The number of aryl methyl sites for hydroxylation is 2. The summed E-state index contributed by atoms with van der Waals surface area (Å²) in [6.07, 6.45) is 9.16. The zero-order valence-electron chi connectivity index (χ0n) is 31.6. The molecule has 2 atom stereocenters. The van der Waals surface area contributed by atoms with E-state index in [0.29, 0.717) is 51.4 Å². The van der Waals surface area contributed by atoms with Gasteiger partial charge in [0.05, 0.1) is 11.2 Å². The predicted octanol–water partition coefficient (Wildman–Crippen LogP) is 9.22. The van der Waals surface area contributed by atoms with Gasteiger partial charge >= 0.3 is 0 Å². The van der Waals surface area contributed by atoms with Gasteiger partial charge in [0.2, 0.25) is 11.8 Å². The van der Waals surface area contributed by atoms with Crippen LogP contribution < -0.4 is 10.6 Å². The van der Waals surface area contributed by atoms with Crippen molar-refractivity contribution >= 4 is 33.4 Å². The average molecular weight is 695 g/mol. The maximum atomic E-state index is 14.1. The first-order chi connectivity index (χ1) is 24.6. The number of amides is 2. The summed E-state index contributed by atoms with van der Waals surface area (Å²) in [4.78, 5) is 28.2. The number of nitrogens with one attached hydrogen (secondary N) is 2. The highest BCUT2D eigenvalue weighted by Crippen LogP contribution is 2.33. The monoisotopic (exact) mass is 694 g/mol. The van der Waals surface area contributed by atoms with Crippen LogP contribution in [0.25, 0.3) is 21.5 Å². The number of aliphatic hydroxyl groups is 2. The van der Waals surface area contributed by atoms with Gasteiger partial charge in [0, 0.05) is 13.1 Å². The molecule has 0 heterocycles. The van der Waals surface area contributed by atoms with Crippen LogP contribution in [0.2, 0.25) is 0 Å². The van der Waals surface area contributed by atoms with E-state index in [-0.39, 0.29) is 24.9 Å². The lowest BCUT2D eigenvalue weighted by Gasteiger charge is -2.35. The summed E-state index contributed by atoms with van der Waals surface area (Å²) in [6, 6.07) is 29.4. The molecule has 2 amide bonds. The van der Waals surface area contributed by atoms with Crippen LogP contribution in [0.15, 0.2) is 84.9 Å². The van der Waals surface area contributed by atoms with E-state index in [1.54, 1.807) is 0 Å². The smallest absolute Gasteiger partial charge is 0.235 e. The summed E-state index contributed by atoms with van der Waals surface area (Å²) in [5.74, 6) is -0.662. The molecule has 0 spiro atoms. The zero-order valence-corrected chi connectivity index (χ0v) is 31.6. The summed E-state index contributed by atoms with van der Waals surface area (Å²) < 4.78 is 0. The quantitative estimate of drug-likeness (QED) is 0.0617. The van der Waals surface area contributed by atoms with E-state index in [9.17, 15) is 19.8 Å². The van der Waals surface area contributed by atoms with Crippen molar-refractivity contribution in [1.82, 2.24) is 10.6 Å². The molecule has 0 fully saturated rings. The number of hydrogen-bond acceptors (Lipinski definition) is 4. The number of rotatable bonds is 22. The van der Waals surface area contributed by atoms with E-state index in [4.69, 9.17) is 0 Å². The fourth-order valence-corrected chi connectivity index (χ4v) is 8.13. The first-order valence-corrected chi connectivity index (χ1v) is 19.6. The van der Waals surface area contributed by atoms with Crippen LogP contribution in [0, 0.1) is 5.41 Å². The standard InChI is InChI=1S/C45H62N2O4/c1-5-27-43(50,31-15-23-37-21-13-19-35-17-9-11-25-39(35)37)33-46-41(48)45(29-7-3,30-8-4)42(49)47-34-44(51,28-6-2)32-16-24-38-22-14-20-36-18-10-12-26-40(36)38/h9-14,17-22,25-26,50-51H,5-8,15-16,23-24,27-34H2,1-4H3,(H,46,48)(H,47,49). The maximum absolute atomic E-state index is 14.1. The highest BCUT2D eigenvalue weighted by atomic mass is 16.3. The zero-order chi connectivity index (χ0) is 36.7. The Labute approximate surface area is 306 Å². The van der Waals surface area contributed by atoms with Gasteiger partial charge in [-0.2, -0.15) is 0 Å². The number of carbonyl (C=O) groups is 2. The van der Waals surface area contributed by atoms with E-state index in [1.165, 1.54) is 32.7 Å². The molecule has 2 unspecified atom stereocenters. The van der Waals surface area contributed by atoms with Gasteiger partial charge in [0.15, 0.2) is 0 Å². The molecule has 0 radical (unpaired) electrons. The number of hydrogen-bond donors (Lipinski definition) is 4. The second-order valence-electron chi connectivity index (χ2n) is 14.9. The van der Waals surface area contributed by atoms with Gasteiger partial charge in [0.1, 0.15) is 5.41 Å². The Balaban J connectivity index is 1.40. The molecule has 4 N–H and O–H groups in total. The van der Waals surface area contributed by atoms with Crippen molar-refractivity contribution in [3.63, 3.8) is 0 Å². The van der Waals surface area contributed by atoms with E-state index >= 15 is 0 Å². The number of fused-ring (bicyclic) bond motifs is 2. The third kappa shape index (κ3) is 10.6. The fourth-order valence-electron chi connectivity index (χ4n) is 8.13. The van der Waals surface area contributed by atoms with E-state index in [2.05, 4.69) is 83.4 Å². The van der Waals surface area contributed by atoms with Crippen molar-refractivity contribution in [2.45, 2.75) is 129 Å². The molecule has 0 saturated carbocycles. The van der Waals surface area contributed by atoms with Crippen LogP contribution in [-0.2, 0) is 22.4 Å². The summed E-state index contributed by atoms with van der Waals surface area (Å²) in [7, 11) is 0. The summed E-state index contributed by atoms with van der Waals surface area (Å²) >= 11 is 0. The Morgan fingerprint density at radius 2 is 0.882 bits per heavy atom. The van der Waals surface area contributed by atoms with Crippen LogP contribution in [0.4, 0.5) is 0 Å². The second kappa shape index (κ2) is 19.2. The van der Waals surface area contributed by atoms with Crippen molar-refractivity contribution in [2.24, 2.45) is 5.41 Å². The first kappa shape index (κ1) is 40.0. The van der Waals surface area contributed by atoms with Gasteiger partial charge in [0.25, 0.3) is 0 Å². The minimum Gasteiger partial charge on any atom is -0.388 e. The molecule has 0 aliphatic heterocycles. The van der Waals surface area contributed by atoms with E-state index in [0.717, 1.165) is 38.5 Å². The molecular weight excluding hydrogens is 633 g/mol. The Hall–Kier alpha value is -3.74. The number of carbonyl (C=O) groups excluding carboxylic acids is 2. The second-order valence-corrected chi connectivity index (χ2v) is 14.9. The summed E-state index contributed by atoms with van der Waals surface area (Å²) in [6.45, 7) is 8.28. The van der Waals surface area contributed by atoms with Gasteiger partial charge in [-0.25, -0.2) is 0 Å². The Morgan fingerprint density at radius 1 is 0.510 bits per heavy atom. The van der Waals surface area contributed by atoms with Crippen LogP contribution in [-0.4, -0.2) is 46.3 Å². The molecule has 4 rings (SSSR count).